The Balaban J connectivity index is 1.46. The van der Waals surface area contributed by atoms with Crippen molar-refractivity contribution >= 4 is 27.5 Å². The number of hydrogen-bond donors (Lipinski definition) is 1. The van der Waals surface area contributed by atoms with E-state index in [9.17, 15) is 9.59 Å². The Bertz CT molecular complexity index is 1240. The maximum Gasteiger partial charge on any atom is 0.335 e. The van der Waals surface area contributed by atoms with Crippen molar-refractivity contribution in [3.63, 3.8) is 0 Å². The first-order valence-corrected chi connectivity index (χ1v) is 10.4. The number of thiophene rings is 1. The zero-order valence-corrected chi connectivity index (χ0v) is 17.2. The summed E-state index contributed by atoms with van der Waals surface area (Å²) in [6, 6.07) is 18.2. The summed E-state index contributed by atoms with van der Waals surface area (Å²) in [4.78, 5) is 30.3. The molecule has 0 saturated carbocycles. The Morgan fingerprint density at radius 1 is 1.13 bits per heavy atom. The molecule has 0 spiro atoms. The molecule has 0 amide bonds. The summed E-state index contributed by atoms with van der Waals surface area (Å²) in [7, 11) is 0. The fourth-order valence-corrected chi connectivity index (χ4v) is 4.30. The Morgan fingerprint density at radius 2 is 1.87 bits per heavy atom. The van der Waals surface area contributed by atoms with Crippen molar-refractivity contribution in [2.24, 2.45) is 0 Å². The molecule has 0 atom stereocenters. The second-order valence-corrected chi connectivity index (χ2v) is 7.87. The Hall–Kier alpha value is -3.45. The van der Waals surface area contributed by atoms with Crippen LogP contribution in [-0.4, -0.2) is 27.2 Å². The van der Waals surface area contributed by atoms with Crippen LogP contribution in [0.3, 0.4) is 0 Å². The minimum atomic E-state index is -0.969. The number of carboxylic acid groups (broad SMARTS) is 1. The van der Waals surface area contributed by atoms with Crippen LogP contribution in [0.15, 0.2) is 65.5 Å². The van der Waals surface area contributed by atoms with E-state index in [1.165, 1.54) is 23.5 Å². The number of ether oxygens (including phenoxy) is 1. The number of hydrogen-bond acceptors (Lipinski definition) is 5. The maximum absolute atomic E-state index is 13.0. The number of benzene rings is 2. The molecule has 0 saturated heterocycles. The number of carboxylic acids is 1. The summed E-state index contributed by atoms with van der Waals surface area (Å²) in [5, 5.41) is 9.56. The van der Waals surface area contributed by atoms with Crippen LogP contribution in [0, 0.1) is 6.92 Å². The van der Waals surface area contributed by atoms with Crippen LogP contribution in [0.2, 0.25) is 0 Å². The molecule has 0 radical (unpaired) electrons. The molecule has 7 heteroatoms. The average Bonchev–Trinajstić information content (AvgIpc) is 3.18. The highest BCUT2D eigenvalue weighted by Crippen LogP contribution is 2.30. The molecule has 2 aromatic heterocycles. The highest BCUT2D eigenvalue weighted by Gasteiger charge is 2.13. The van der Waals surface area contributed by atoms with Gasteiger partial charge in [0, 0.05) is 11.4 Å². The van der Waals surface area contributed by atoms with Gasteiger partial charge in [-0.3, -0.25) is 9.36 Å². The van der Waals surface area contributed by atoms with Crippen molar-refractivity contribution < 1.29 is 14.6 Å². The molecule has 1 N–H and O–H groups in total. The molecular weight excluding hydrogens is 400 g/mol. The fraction of sp³-hybridized carbons (Fsp3) is 0.174. The van der Waals surface area contributed by atoms with Crippen LogP contribution in [0.5, 0.6) is 5.75 Å². The first-order chi connectivity index (χ1) is 14.5. The molecule has 2 aromatic carbocycles. The SMILES string of the molecule is Cc1nc2sc(-c3ccccc3)cc2c(=O)n1CCCOc1ccc(C(=O)O)cc1. The molecule has 30 heavy (non-hydrogen) atoms. The number of nitrogens with zero attached hydrogens (tertiary/aromatic N) is 2. The maximum atomic E-state index is 13.0. The topological polar surface area (TPSA) is 81.4 Å². The van der Waals surface area contributed by atoms with Gasteiger partial charge in [0.15, 0.2) is 0 Å². The van der Waals surface area contributed by atoms with Gasteiger partial charge in [0.1, 0.15) is 16.4 Å². The number of aryl methyl sites for hydroxylation is 1. The molecule has 0 aliphatic carbocycles. The summed E-state index contributed by atoms with van der Waals surface area (Å²) >= 11 is 1.53. The van der Waals surface area contributed by atoms with E-state index in [4.69, 9.17) is 9.84 Å². The lowest BCUT2D eigenvalue weighted by Crippen LogP contribution is -2.24. The van der Waals surface area contributed by atoms with E-state index in [1.807, 2.05) is 43.3 Å². The van der Waals surface area contributed by atoms with E-state index in [-0.39, 0.29) is 11.1 Å². The van der Waals surface area contributed by atoms with E-state index in [2.05, 4.69) is 4.98 Å². The molecule has 0 fully saturated rings. The van der Waals surface area contributed by atoms with Crippen molar-refractivity contribution in [2.75, 3.05) is 6.61 Å². The van der Waals surface area contributed by atoms with E-state index in [1.54, 1.807) is 16.7 Å². The van der Waals surface area contributed by atoms with Gasteiger partial charge in [-0.2, -0.15) is 0 Å². The van der Waals surface area contributed by atoms with Crippen LogP contribution < -0.4 is 10.3 Å². The van der Waals surface area contributed by atoms with Gasteiger partial charge in [0.05, 0.1) is 17.6 Å². The summed E-state index contributed by atoms with van der Waals surface area (Å²) in [6.45, 7) is 2.75. The van der Waals surface area contributed by atoms with Crippen molar-refractivity contribution in [1.29, 1.82) is 0 Å². The van der Waals surface area contributed by atoms with Crippen LogP contribution in [0.1, 0.15) is 22.6 Å². The summed E-state index contributed by atoms with van der Waals surface area (Å²) in [5.41, 5.74) is 1.25. The Morgan fingerprint density at radius 3 is 2.57 bits per heavy atom. The predicted molar refractivity (Wildman–Crippen MR) is 118 cm³/mol. The Kier molecular flexibility index (Phi) is 5.63. The third-order valence-corrected chi connectivity index (χ3v) is 5.87. The van der Waals surface area contributed by atoms with Gasteiger partial charge in [-0.15, -0.1) is 11.3 Å². The van der Waals surface area contributed by atoms with Crippen molar-refractivity contribution in [3.8, 4) is 16.2 Å². The van der Waals surface area contributed by atoms with Gasteiger partial charge < -0.3 is 9.84 Å². The molecule has 2 heterocycles. The smallest absolute Gasteiger partial charge is 0.335 e. The first-order valence-electron chi connectivity index (χ1n) is 9.55. The third-order valence-electron chi connectivity index (χ3n) is 4.80. The lowest BCUT2D eigenvalue weighted by atomic mass is 10.2. The van der Waals surface area contributed by atoms with Gasteiger partial charge in [-0.1, -0.05) is 30.3 Å². The van der Waals surface area contributed by atoms with Crippen LogP contribution in [-0.2, 0) is 6.54 Å². The molecule has 0 unspecified atom stereocenters. The van der Waals surface area contributed by atoms with Crippen LogP contribution >= 0.6 is 11.3 Å². The number of carbonyl (C=O) groups is 1. The molecule has 0 aliphatic heterocycles. The molecule has 6 nitrogen and oxygen atoms in total. The zero-order chi connectivity index (χ0) is 21.1. The van der Waals surface area contributed by atoms with E-state index in [0.717, 1.165) is 15.3 Å². The van der Waals surface area contributed by atoms with Gasteiger partial charge in [-0.25, -0.2) is 9.78 Å². The first kappa shape index (κ1) is 19.8. The summed E-state index contributed by atoms with van der Waals surface area (Å²) < 4.78 is 7.35. The van der Waals surface area contributed by atoms with E-state index < -0.39 is 5.97 Å². The Labute approximate surface area is 177 Å². The van der Waals surface area contributed by atoms with Crippen molar-refractivity contribution in [3.05, 3.63) is 82.4 Å². The van der Waals surface area contributed by atoms with Crippen molar-refractivity contribution in [2.45, 2.75) is 19.9 Å². The monoisotopic (exact) mass is 420 g/mol. The van der Waals surface area contributed by atoms with Crippen LogP contribution in [0.25, 0.3) is 20.7 Å². The second-order valence-electron chi connectivity index (χ2n) is 6.84. The number of fused-ring (bicyclic) bond motifs is 1. The highest BCUT2D eigenvalue weighted by molar-refractivity contribution is 7.21. The minimum absolute atomic E-state index is 0.0401. The largest absolute Gasteiger partial charge is 0.494 e. The van der Waals surface area contributed by atoms with Crippen molar-refractivity contribution in [1.82, 2.24) is 9.55 Å². The number of rotatable bonds is 7. The third kappa shape index (κ3) is 4.11. The highest BCUT2D eigenvalue weighted by atomic mass is 32.1. The molecule has 152 valence electrons. The van der Waals surface area contributed by atoms with Crippen LogP contribution in [0.4, 0.5) is 0 Å². The number of aromatic nitrogens is 2. The predicted octanol–water partition coefficient (Wildman–Crippen LogP) is 4.60. The molecule has 0 aliphatic rings. The summed E-state index contributed by atoms with van der Waals surface area (Å²) in [5.74, 6) is 0.311. The minimum Gasteiger partial charge on any atom is -0.494 e. The fourth-order valence-electron chi connectivity index (χ4n) is 3.23. The van der Waals surface area contributed by atoms with Gasteiger partial charge >= 0.3 is 5.97 Å². The normalized spacial score (nSPS) is 11.0. The average molecular weight is 420 g/mol. The lowest BCUT2D eigenvalue weighted by molar-refractivity contribution is 0.0697. The molecular formula is C23H20N2O4S. The van der Waals surface area contributed by atoms with Gasteiger partial charge in [0.25, 0.3) is 5.56 Å². The number of aromatic carboxylic acids is 1. The quantitative estimate of drug-likeness (QED) is 0.442. The second kappa shape index (κ2) is 8.51. The molecule has 0 bridgehead atoms. The summed E-state index contributed by atoms with van der Waals surface area (Å²) in [6.07, 6.45) is 0.629. The standard InChI is InChI=1S/C23H20N2O4S/c1-15-24-21-19(14-20(30-21)16-6-3-2-4-7-16)22(26)25(15)12-5-13-29-18-10-8-17(9-11-18)23(27)28/h2-4,6-11,14H,5,12-13H2,1H3,(H,27,28). The van der Waals surface area contributed by atoms with E-state index in [0.29, 0.717) is 36.5 Å². The molecule has 4 aromatic rings. The van der Waals surface area contributed by atoms with Gasteiger partial charge in [-0.05, 0) is 49.2 Å². The van der Waals surface area contributed by atoms with Gasteiger partial charge in [0.2, 0.25) is 0 Å². The zero-order valence-electron chi connectivity index (χ0n) is 16.4. The lowest BCUT2D eigenvalue weighted by Gasteiger charge is -2.10. The molecule has 4 rings (SSSR count). The van der Waals surface area contributed by atoms with E-state index >= 15 is 0 Å².